The molecule has 2 aliphatic rings. The second kappa shape index (κ2) is 7.26. The Morgan fingerprint density at radius 1 is 0.684 bits per heavy atom. The van der Waals surface area contributed by atoms with E-state index in [4.69, 9.17) is 10.7 Å². The molecule has 0 aliphatic carbocycles. The van der Waals surface area contributed by atoms with Crippen LogP contribution in [-0.2, 0) is 0 Å². The van der Waals surface area contributed by atoms with E-state index in [9.17, 15) is 0 Å². The van der Waals surface area contributed by atoms with Gasteiger partial charge < -0.3 is 15.2 Å². The Bertz CT molecular complexity index is 2120. The van der Waals surface area contributed by atoms with Crippen LogP contribution in [0.4, 0.5) is 11.4 Å². The van der Waals surface area contributed by atoms with E-state index in [-0.39, 0.29) is 6.17 Å². The second-order valence-corrected chi connectivity index (χ2v) is 10.9. The highest BCUT2D eigenvalue weighted by molar-refractivity contribution is 6.24. The predicted octanol–water partition coefficient (Wildman–Crippen LogP) is 8.40. The van der Waals surface area contributed by atoms with Gasteiger partial charge in [0.1, 0.15) is 12.0 Å². The molecule has 1 fully saturated rings. The Morgan fingerprint density at radius 2 is 1.37 bits per heavy atom. The van der Waals surface area contributed by atoms with Gasteiger partial charge in [-0.2, -0.15) is 0 Å². The number of nitrogen functional groups attached to an aromatic ring is 1. The van der Waals surface area contributed by atoms with Crippen LogP contribution in [0.15, 0.2) is 91.0 Å². The molecule has 6 aromatic carbocycles. The molecule has 3 heterocycles. The number of piperidine rings is 1. The summed E-state index contributed by atoms with van der Waals surface area (Å²) in [7, 11) is 0. The Kier molecular flexibility index (Phi) is 3.91. The molecule has 4 heteroatoms. The quantitative estimate of drug-likeness (QED) is 0.132. The van der Waals surface area contributed by atoms with Crippen LogP contribution >= 0.6 is 0 Å². The number of benzene rings is 6. The summed E-state index contributed by atoms with van der Waals surface area (Å²) in [6.45, 7) is 1.01. The number of fused-ring (bicyclic) bond motifs is 15. The molecule has 1 aromatic heterocycles. The van der Waals surface area contributed by atoms with E-state index in [2.05, 4.69) is 100 Å². The number of rotatable bonds is 0. The molecule has 1 atom stereocenters. The zero-order valence-corrected chi connectivity index (χ0v) is 21.0. The molecule has 7 aromatic rings. The minimum atomic E-state index is 0.209. The first-order valence-corrected chi connectivity index (χ1v) is 13.6. The third kappa shape index (κ3) is 2.52. The molecular formula is C34H26N4. The summed E-state index contributed by atoms with van der Waals surface area (Å²) < 4.78 is 2.54. The van der Waals surface area contributed by atoms with Crippen LogP contribution in [0.25, 0.3) is 65.5 Å². The zero-order chi connectivity index (χ0) is 25.0. The van der Waals surface area contributed by atoms with Crippen molar-refractivity contribution in [3.8, 4) is 11.4 Å². The molecular weight excluding hydrogens is 464 g/mol. The average Bonchev–Trinajstić information content (AvgIpc) is 3.38. The molecule has 0 amide bonds. The molecule has 38 heavy (non-hydrogen) atoms. The van der Waals surface area contributed by atoms with Gasteiger partial charge >= 0.3 is 0 Å². The average molecular weight is 491 g/mol. The number of hydrogen-bond acceptors (Lipinski definition) is 3. The molecule has 1 saturated heterocycles. The monoisotopic (exact) mass is 490 g/mol. The van der Waals surface area contributed by atoms with Crippen LogP contribution < -0.4 is 10.6 Å². The topological polar surface area (TPSA) is 47.1 Å². The van der Waals surface area contributed by atoms with E-state index < -0.39 is 0 Å². The highest BCUT2D eigenvalue weighted by Crippen LogP contribution is 2.52. The summed E-state index contributed by atoms with van der Waals surface area (Å²) >= 11 is 0. The number of hydrogen-bond donors (Lipinski definition) is 1. The van der Waals surface area contributed by atoms with Gasteiger partial charge in [0.25, 0.3) is 0 Å². The van der Waals surface area contributed by atoms with Crippen LogP contribution in [0, 0.1) is 0 Å². The SMILES string of the molecule is Nc1c2c(cc3cc4ccccc4cc13)-c1nc3c4ccccc4c4ccccc4c3n1C1CCCCN21. The predicted molar refractivity (Wildman–Crippen MR) is 160 cm³/mol. The first-order chi connectivity index (χ1) is 18.8. The molecule has 2 aliphatic heterocycles. The van der Waals surface area contributed by atoms with Crippen LogP contribution in [0.3, 0.4) is 0 Å². The van der Waals surface area contributed by atoms with Crippen molar-refractivity contribution >= 4 is 65.5 Å². The van der Waals surface area contributed by atoms with Crippen molar-refractivity contribution in [3.63, 3.8) is 0 Å². The highest BCUT2D eigenvalue weighted by Gasteiger charge is 2.37. The molecule has 0 radical (unpaired) electrons. The first-order valence-electron chi connectivity index (χ1n) is 13.6. The standard InChI is InChI=1S/C34H26N4/c35-30-27-18-21-10-2-1-9-20(21)17-22(27)19-28-32(30)37-16-8-7-15-29(37)38-33-26-14-6-4-12-24(26)23-11-3-5-13-25(23)31(33)36-34(28)38/h1-6,9-14,17-19,29H,7-8,15-16,35H2. The highest BCUT2D eigenvalue weighted by atomic mass is 15.3. The Morgan fingerprint density at radius 3 is 2.18 bits per heavy atom. The summed E-state index contributed by atoms with van der Waals surface area (Å²) in [5.74, 6) is 1.04. The van der Waals surface area contributed by atoms with E-state index in [0.717, 1.165) is 46.6 Å². The molecule has 2 N–H and O–H groups in total. The Hall–Kier alpha value is -4.57. The minimum Gasteiger partial charge on any atom is -0.397 e. The summed E-state index contributed by atoms with van der Waals surface area (Å²) in [5, 5.41) is 9.79. The molecule has 1 unspecified atom stereocenters. The third-order valence-corrected chi connectivity index (χ3v) is 8.88. The van der Waals surface area contributed by atoms with Gasteiger partial charge in [-0.3, -0.25) is 0 Å². The minimum absolute atomic E-state index is 0.209. The van der Waals surface area contributed by atoms with E-state index in [1.54, 1.807) is 0 Å². The lowest BCUT2D eigenvalue weighted by atomic mass is 9.94. The van der Waals surface area contributed by atoms with Gasteiger partial charge in [0.05, 0.1) is 22.4 Å². The van der Waals surface area contributed by atoms with Crippen molar-refractivity contribution in [3.05, 3.63) is 91.0 Å². The molecule has 0 saturated carbocycles. The fourth-order valence-electron chi connectivity index (χ4n) is 7.24. The van der Waals surface area contributed by atoms with Crippen molar-refractivity contribution < 1.29 is 0 Å². The van der Waals surface area contributed by atoms with Crippen molar-refractivity contribution in [1.82, 2.24) is 9.55 Å². The van der Waals surface area contributed by atoms with Crippen molar-refractivity contribution in [2.75, 3.05) is 17.2 Å². The summed E-state index contributed by atoms with van der Waals surface area (Å²) in [5.41, 5.74) is 12.6. The van der Waals surface area contributed by atoms with Crippen molar-refractivity contribution in [1.29, 1.82) is 0 Å². The summed E-state index contributed by atoms with van der Waals surface area (Å²) in [4.78, 5) is 8.03. The number of nitrogens with zero attached hydrogens (tertiary/aromatic N) is 3. The van der Waals surface area contributed by atoms with Gasteiger partial charge in [-0.1, -0.05) is 72.8 Å². The van der Waals surface area contributed by atoms with Gasteiger partial charge in [-0.25, -0.2) is 4.98 Å². The third-order valence-electron chi connectivity index (χ3n) is 8.88. The lowest BCUT2D eigenvalue weighted by Crippen LogP contribution is -2.40. The van der Waals surface area contributed by atoms with Crippen LogP contribution in [0.1, 0.15) is 25.4 Å². The summed E-state index contributed by atoms with van der Waals surface area (Å²) in [6.07, 6.45) is 3.69. The summed E-state index contributed by atoms with van der Waals surface area (Å²) in [6, 6.07) is 33.0. The van der Waals surface area contributed by atoms with E-state index >= 15 is 0 Å². The number of anilines is 2. The zero-order valence-electron chi connectivity index (χ0n) is 21.0. The fourth-order valence-corrected chi connectivity index (χ4v) is 7.24. The van der Waals surface area contributed by atoms with Gasteiger partial charge in [-0.15, -0.1) is 0 Å². The lowest BCUT2D eigenvalue weighted by molar-refractivity contribution is 0.380. The molecule has 0 spiro atoms. The smallest absolute Gasteiger partial charge is 0.145 e. The number of imidazole rings is 1. The van der Waals surface area contributed by atoms with Gasteiger partial charge in [0.2, 0.25) is 0 Å². The van der Waals surface area contributed by atoms with Gasteiger partial charge in [0, 0.05) is 28.3 Å². The Balaban J connectivity index is 1.47. The van der Waals surface area contributed by atoms with Crippen LogP contribution in [-0.4, -0.2) is 16.1 Å². The number of aromatic nitrogens is 2. The second-order valence-electron chi connectivity index (χ2n) is 10.9. The van der Waals surface area contributed by atoms with Gasteiger partial charge in [0.15, 0.2) is 0 Å². The van der Waals surface area contributed by atoms with Gasteiger partial charge in [-0.05, 0) is 64.4 Å². The largest absolute Gasteiger partial charge is 0.397 e. The maximum atomic E-state index is 7.09. The van der Waals surface area contributed by atoms with Crippen LogP contribution in [0.2, 0.25) is 0 Å². The molecule has 4 nitrogen and oxygen atoms in total. The van der Waals surface area contributed by atoms with E-state index in [0.29, 0.717) is 0 Å². The normalized spacial score (nSPS) is 16.8. The molecule has 182 valence electrons. The van der Waals surface area contributed by atoms with Crippen molar-refractivity contribution in [2.24, 2.45) is 0 Å². The Labute approximate surface area is 219 Å². The lowest BCUT2D eigenvalue weighted by Gasteiger charge is -2.44. The fraction of sp³-hybridized carbons (Fsp3) is 0.147. The van der Waals surface area contributed by atoms with E-state index in [1.165, 1.54) is 56.1 Å². The maximum absolute atomic E-state index is 7.09. The van der Waals surface area contributed by atoms with E-state index in [1.807, 2.05) is 0 Å². The van der Waals surface area contributed by atoms with Crippen molar-refractivity contribution in [2.45, 2.75) is 25.4 Å². The molecule has 9 rings (SSSR count). The molecule has 0 bridgehead atoms. The first kappa shape index (κ1) is 20.5. The number of nitrogens with two attached hydrogens (primary N) is 1. The maximum Gasteiger partial charge on any atom is 0.145 e. The van der Waals surface area contributed by atoms with Crippen LogP contribution in [0.5, 0.6) is 0 Å².